The van der Waals surface area contributed by atoms with Gasteiger partial charge in [-0.3, -0.25) is 0 Å². The van der Waals surface area contributed by atoms with Gasteiger partial charge in [-0.25, -0.2) is 4.98 Å². The second-order valence-corrected chi connectivity index (χ2v) is 5.96. The minimum absolute atomic E-state index is 0.0853. The number of alkyl halides is 3. The van der Waals surface area contributed by atoms with Crippen molar-refractivity contribution in [3.8, 4) is 11.4 Å². The molecule has 0 N–H and O–H groups in total. The second-order valence-electron chi connectivity index (χ2n) is 5.05. The minimum atomic E-state index is -4.41. The molecule has 0 spiro atoms. The van der Waals surface area contributed by atoms with Crippen LogP contribution in [0.5, 0.6) is 0 Å². The summed E-state index contributed by atoms with van der Waals surface area (Å²) in [4.78, 5) is 4.13. The largest absolute Gasteiger partial charge is 0.417 e. The summed E-state index contributed by atoms with van der Waals surface area (Å²) in [7, 11) is 0. The summed E-state index contributed by atoms with van der Waals surface area (Å²) in [6.45, 7) is 0.453. The molecule has 1 heterocycles. The monoisotopic (exact) mass is 380 g/mol. The van der Waals surface area contributed by atoms with E-state index in [0.717, 1.165) is 16.1 Å². The highest BCUT2D eigenvalue weighted by Crippen LogP contribution is 2.36. The van der Waals surface area contributed by atoms with Crippen molar-refractivity contribution in [3.63, 3.8) is 0 Å². The zero-order valence-corrected chi connectivity index (χ0v) is 13.5. The van der Waals surface area contributed by atoms with E-state index in [1.54, 1.807) is 16.8 Å². The van der Waals surface area contributed by atoms with Crippen molar-refractivity contribution in [2.24, 2.45) is 0 Å². The first-order chi connectivity index (χ1) is 10.9. The number of aromatic nitrogens is 2. The van der Waals surface area contributed by atoms with Crippen LogP contribution in [0.1, 0.15) is 11.1 Å². The van der Waals surface area contributed by atoms with Crippen LogP contribution in [-0.4, -0.2) is 9.55 Å². The van der Waals surface area contributed by atoms with E-state index >= 15 is 0 Å². The fourth-order valence-electron chi connectivity index (χ4n) is 2.39. The molecular weight excluding hydrogens is 369 g/mol. The van der Waals surface area contributed by atoms with Crippen LogP contribution < -0.4 is 0 Å². The first-order valence-electron chi connectivity index (χ1n) is 6.87. The lowest BCUT2D eigenvalue weighted by atomic mass is 10.1. The molecular formula is C17H12BrF3N2. The lowest BCUT2D eigenvalue weighted by Gasteiger charge is -2.14. The molecule has 0 atom stereocenters. The third-order valence-corrected chi connectivity index (χ3v) is 3.98. The Hall–Kier alpha value is -2.08. The highest BCUT2D eigenvalue weighted by Gasteiger charge is 2.34. The van der Waals surface area contributed by atoms with Gasteiger partial charge in [-0.1, -0.05) is 46.3 Å². The van der Waals surface area contributed by atoms with Gasteiger partial charge in [-0.05, 0) is 23.8 Å². The number of imidazole rings is 1. The first kappa shape index (κ1) is 15.8. The zero-order chi connectivity index (χ0) is 16.4. The van der Waals surface area contributed by atoms with Gasteiger partial charge < -0.3 is 4.57 Å². The van der Waals surface area contributed by atoms with Crippen LogP contribution in [0, 0.1) is 0 Å². The summed E-state index contributed by atoms with van der Waals surface area (Å²) in [5.74, 6) is 0.306. The van der Waals surface area contributed by atoms with Gasteiger partial charge in [0.25, 0.3) is 0 Å². The van der Waals surface area contributed by atoms with Crippen molar-refractivity contribution < 1.29 is 13.2 Å². The number of hydrogen-bond donors (Lipinski definition) is 0. The molecule has 0 aliphatic heterocycles. The maximum atomic E-state index is 13.2. The Morgan fingerprint density at radius 2 is 1.70 bits per heavy atom. The van der Waals surface area contributed by atoms with Crippen LogP contribution in [0.15, 0.2) is 65.4 Å². The van der Waals surface area contributed by atoms with E-state index in [1.807, 2.05) is 24.3 Å². The van der Waals surface area contributed by atoms with Crippen LogP contribution in [0.3, 0.4) is 0 Å². The van der Waals surface area contributed by atoms with Crippen LogP contribution in [-0.2, 0) is 12.7 Å². The molecule has 0 saturated heterocycles. The standard InChI is InChI=1S/C17H12BrF3N2/c18-13-7-5-12(6-8-13)11-23-10-9-22-16(23)14-3-1-2-4-15(14)17(19,20)21/h1-10H,11H2. The van der Waals surface area contributed by atoms with Crippen LogP contribution in [0.4, 0.5) is 13.2 Å². The Labute approximate surface area is 139 Å². The molecule has 0 unspecified atom stereocenters. The third-order valence-electron chi connectivity index (χ3n) is 3.46. The van der Waals surface area contributed by atoms with Gasteiger partial charge in [-0.2, -0.15) is 13.2 Å². The van der Waals surface area contributed by atoms with Crippen molar-refractivity contribution in [1.82, 2.24) is 9.55 Å². The van der Waals surface area contributed by atoms with Gasteiger partial charge in [0.2, 0.25) is 0 Å². The molecule has 0 saturated carbocycles. The number of hydrogen-bond acceptors (Lipinski definition) is 1. The van der Waals surface area contributed by atoms with Gasteiger partial charge in [0, 0.05) is 29.0 Å². The van der Waals surface area contributed by atoms with Gasteiger partial charge >= 0.3 is 6.18 Å². The van der Waals surface area contributed by atoms with E-state index in [-0.39, 0.29) is 5.56 Å². The highest BCUT2D eigenvalue weighted by molar-refractivity contribution is 9.10. The van der Waals surface area contributed by atoms with Crippen LogP contribution >= 0.6 is 15.9 Å². The molecule has 118 valence electrons. The van der Waals surface area contributed by atoms with E-state index in [0.29, 0.717) is 12.4 Å². The van der Waals surface area contributed by atoms with Crippen molar-refractivity contribution in [2.45, 2.75) is 12.7 Å². The average molecular weight is 381 g/mol. The highest BCUT2D eigenvalue weighted by atomic mass is 79.9. The van der Waals surface area contributed by atoms with E-state index < -0.39 is 11.7 Å². The van der Waals surface area contributed by atoms with Gasteiger partial charge in [-0.15, -0.1) is 0 Å². The zero-order valence-electron chi connectivity index (χ0n) is 11.9. The Bertz CT molecular complexity index is 807. The molecule has 0 aliphatic rings. The molecule has 1 aromatic heterocycles. The summed E-state index contributed by atoms with van der Waals surface area (Å²) in [5.41, 5.74) is 0.391. The predicted octanol–water partition coefficient (Wildman–Crippen LogP) is 5.38. The van der Waals surface area contributed by atoms with Gasteiger partial charge in [0.1, 0.15) is 5.82 Å². The smallest absolute Gasteiger partial charge is 0.327 e. The SMILES string of the molecule is FC(F)(F)c1ccccc1-c1nccn1Cc1ccc(Br)cc1. The molecule has 2 aromatic carbocycles. The molecule has 0 radical (unpaired) electrons. The third kappa shape index (κ3) is 3.47. The molecule has 2 nitrogen and oxygen atoms in total. The Balaban J connectivity index is 2.00. The normalized spacial score (nSPS) is 11.7. The molecule has 6 heteroatoms. The fraction of sp³-hybridized carbons (Fsp3) is 0.118. The van der Waals surface area contributed by atoms with E-state index in [9.17, 15) is 13.2 Å². The summed E-state index contributed by atoms with van der Waals surface area (Å²) in [6, 6.07) is 13.1. The molecule has 23 heavy (non-hydrogen) atoms. The number of halogens is 4. The molecule has 0 fully saturated rings. The van der Waals surface area contributed by atoms with E-state index in [4.69, 9.17) is 0 Å². The Kier molecular flexibility index (Phi) is 4.26. The molecule has 0 amide bonds. The molecule has 3 aromatic rings. The van der Waals surface area contributed by atoms with E-state index in [2.05, 4.69) is 20.9 Å². The Morgan fingerprint density at radius 1 is 1.00 bits per heavy atom. The maximum absolute atomic E-state index is 13.2. The summed E-state index contributed by atoms with van der Waals surface area (Å²) in [5, 5.41) is 0. The lowest BCUT2D eigenvalue weighted by Crippen LogP contribution is -2.09. The van der Waals surface area contributed by atoms with Gasteiger partial charge in [0.05, 0.1) is 5.56 Å². The fourth-order valence-corrected chi connectivity index (χ4v) is 2.66. The van der Waals surface area contributed by atoms with Gasteiger partial charge in [0.15, 0.2) is 0 Å². The lowest BCUT2D eigenvalue weighted by molar-refractivity contribution is -0.137. The minimum Gasteiger partial charge on any atom is -0.327 e. The predicted molar refractivity (Wildman–Crippen MR) is 85.9 cm³/mol. The van der Waals surface area contributed by atoms with Crippen molar-refractivity contribution in [2.75, 3.05) is 0 Å². The van der Waals surface area contributed by atoms with E-state index in [1.165, 1.54) is 18.3 Å². The summed E-state index contributed by atoms with van der Waals surface area (Å²) in [6.07, 6.45) is -1.21. The summed E-state index contributed by atoms with van der Waals surface area (Å²) >= 11 is 3.36. The van der Waals surface area contributed by atoms with Crippen molar-refractivity contribution >= 4 is 15.9 Å². The first-order valence-corrected chi connectivity index (χ1v) is 7.66. The number of rotatable bonds is 3. The van der Waals surface area contributed by atoms with Crippen LogP contribution in [0.25, 0.3) is 11.4 Å². The topological polar surface area (TPSA) is 17.8 Å². The quantitative estimate of drug-likeness (QED) is 0.596. The summed E-state index contributed by atoms with van der Waals surface area (Å²) < 4.78 is 42.3. The van der Waals surface area contributed by atoms with Crippen molar-refractivity contribution in [1.29, 1.82) is 0 Å². The molecule has 0 aliphatic carbocycles. The second kappa shape index (κ2) is 6.20. The Morgan fingerprint density at radius 3 is 2.39 bits per heavy atom. The molecule has 3 rings (SSSR count). The van der Waals surface area contributed by atoms with Crippen LogP contribution in [0.2, 0.25) is 0 Å². The maximum Gasteiger partial charge on any atom is 0.417 e. The molecule has 0 bridgehead atoms. The number of nitrogens with zero attached hydrogens (tertiary/aromatic N) is 2. The average Bonchev–Trinajstić information content (AvgIpc) is 2.97. The van der Waals surface area contributed by atoms with Crippen molar-refractivity contribution in [3.05, 3.63) is 76.5 Å². The number of benzene rings is 2.